The van der Waals surface area contributed by atoms with Crippen LogP contribution in [0.2, 0.25) is 0 Å². The summed E-state index contributed by atoms with van der Waals surface area (Å²) in [5, 5.41) is 9.55. The molecule has 136 valence electrons. The monoisotopic (exact) mass is 362 g/mol. The summed E-state index contributed by atoms with van der Waals surface area (Å²) in [7, 11) is 1.63. The van der Waals surface area contributed by atoms with Gasteiger partial charge in [-0.25, -0.2) is 4.39 Å². The molecule has 0 aromatic heterocycles. The van der Waals surface area contributed by atoms with Crippen LogP contribution in [0.4, 0.5) is 4.39 Å². The molecular formula is C23H19FO3. The molecule has 1 N–H and O–H groups in total. The first-order valence-electron chi connectivity index (χ1n) is 8.71. The third-order valence-electron chi connectivity index (χ3n) is 4.76. The molecule has 27 heavy (non-hydrogen) atoms. The minimum absolute atomic E-state index is 0.239. The summed E-state index contributed by atoms with van der Waals surface area (Å²) < 4.78 is 24.7. The topological polar surface area (TPSA) is 38.7 Å². The summed E-state index contributed by atoms with van der Waals surface area (Å²) in [5.41, 5.74) is 5.16. The van der Waals surface area contributed by atoms with Crippen LogP contribution in [0.3, 0.4) is 0 Å². The minimum Gasteiger partial charge on any atom is -0.508 e. The minimum atomic E-state index is -0.263. The molecular weight excluding hydrogens is 343 g/mol. The molecule has 0 fully saturated rings. The SMILES string of the molecule is COc1ccc2c(c1)OCC(c1ccc(F)cc1)=C2Cc1ccc(O)cc1. The van der Waals surface area contributed by atoms with Crippen LogP contribution < -0.4 is 9.47 Å². The predicted octanol–water partition coefficient (Wildman–Crippen LogP) is 5.09. The number of ether oxygens (including phenoxy) is 2. The lowest BCUT2D eigenvalue weighted by atomic mass is 9.88. The van der Waals surface area contributed by atoms with Crippen molar-refractivity contribution in [2.45, 2.75) is 6.42 Å². The van der Waals surface area contributed by atoms with E-state index in [2.05, 4.69) is 0 Å². The van der Waals surface area contributed by atoms with Gasteiger partial charge >= 0.3 is 0 Å². The smallest absolute Gasteiger partial charge is 0.131 e. The number of phenolic OH excluding ortho intramolecular Hbond substituents is 1. The lowest BCUT2D eigenvalue weighted by Gasteiger charge is -2.25. The first kappa shape index (κ1) is 17.2. The van der Waals surface area contributed by atoms with Crippen molar-refractivity contribution in [1.82, 2.24) is 0 Å². The Balaban J connectivity index is 1.83. The Morgan fingerprint density at radius 1 is 1.00 bits per heavy atom. The van der Waals surface area contributed by atoms with Crippen molar-refractivity contribution in [3.05, 3.63) is 89.2 Å². The fourth-order valence-electron chi connectivity index (χ4n) is 3.33. The lowest BCUT2D eigenvalue weighted by molar-refractivity contribution is 0.357. The first-order chi connectivity index (χ1) is 13.1. The molecule has 4 rings (SSSR count). The molecule has 3 aromatic rings. The van der Waals surface area contributed by atoms with Gasteiger partial charge in [0.05, 0.1) is 7.11 Å². The Morgan fingerprint density at radius 2 is 1.74 bits per heavy atom. The number of allylic oxidation sites excluding steroid dienone is 1. The van der Waals surface area contributed by atoms with Gasteiger partial charge in [0.25, 0.3) is 0 Å². The van der Waals surface area contributed by atoms with E-state index in [-0.39, 0.29) is 11.6 Å². The van der Waals surface area contributed by atoms with E-state index < -0.39 is 0 Å². The maximum atomic E-state index is 13.4. The highest BCUT2D eigenvalue weighted by atomic mass is 19.1. The second kappa shape index (κ2) is 7.16. The largest absolute Gasteiger partial charge is 0.508 e. The zero-order valence-corrected chi connectivity index (χ0v) is 14.9. The maximum absolute atomic E-state index is 13.4. The van der Waals surface area contributed by atoms with Crippen molar-refractivity contribution < 1.29 is 19.0 Å². The fraction of sp³-hybridized carbons (Fsp3) is 0.130. The molecule has 1 heterocycles. The second-order valence-corrected chi connectivity index (χ2v) is 6.46. The van der Waals surface area contributed by atoms with Crippen LogP contribution in [-0.2, 0) is 6.42 Å². The molecule has 4 heteroatoms. The van der Waals surface area contributed by atoms with Crippen molar-refractivity contribution in [1.29, 1.82) is 0 Å². The molecule has 0 spiro atoms. The van der Waals surface area contributed by atoms with Crippen LogP contribution >= 0.6 is 0 Å². The van der Waals surface area contributed by atoms with E-state index in [1.807, 2.05) is 30.3 Å². The lowest BCUT2D eigenvalue weighted by Crippen LogP contribution is -2.12. The van der Waals surface area contributed by atoms with Crippen molar-refractivity contribution in [2.75, 3.05) is 13.7 Å². The summed E-state index contributed by atoms with van der Waals surface area (Å²) in [6.07, 6.45) is 0.676. The molecule has 3 aromatic carbocycles. The van der Waals surface area contributed by atoms with Gasteiger partial charge in [-0.15, -0.1) is 0 Å². The number of fused-ring (bicyclic) bond motifs is 1. The summed E-state index contributed by atoms with van der Waals surface area (Å²) in [6, 6.07) is 19.4. The van der Waals surface area contributed by atoms with E-state index in [4.69, 9.17) is 9.47 Å². The molecule has 0 unspecified atom stereocenters. The molecule has 0 atom stereocenters. The van der Waals surface area contributed by atoms with Gasteiger partial charge in [0.15, 0.2) is 0 Å². The number of phenols is 1. The Bertz CT molecular complexity index is 989. The van der Waals surface area contributed by atoms with E-state index in [9.17, 15) is 9.50 Å². The van der Waals surface area contributed by atoms with Crippen LogP contribution in [0.5, 0.6) is 17.2 Å². The summed E-state index contributed by atoms with van der Waals surface area (Å²) in [4.78, 5) is 0. The molecule has 0 saturated heterocycles. The summed E-state index contributed by atoms with van der Waals surface area (Å²) >= 11 is 0. The van der Waals surface area contributed by atoms with E-state index in [1.165, 1.54) is 12.1 Å². The third kappa shape index (κ3) is 3.51. The Hall–Kier alpha value is -3.27. The van der Waals surface area contributed by atoms with E-state index in [1.54, 1.807) is 31.4 Å². The number of hydrogen-bond acceptors (Lipinski definition) is 3. The first-order valence-corrected chi connectivity index (χ1v) is 8.71. The average molecular weight is 362 g/mol. The van der Waals surface area contributed by atoms with Gasteiger partial charge in [-0.1, -0.05) is 24.3 Å². The number of aromatic hydroxyl groups is 1. The number of benzene rings is 3. The Morgan fingerprint density at radius 3 is 2.44 bits per heavy atom. The van der Waals surface area contributed by atoms with Gasteiger partial charge in [-0.3, -0.25) is 0 Å². The predicted molar refractivity (Wildman–Crippen MR) is 104 cm³/mol. The van der Waals surface area contributed by atoms with Crippen molar-refractivity contribution in [3.63, 3.8) is 0 Å². The average Bonchev–Trinajstić information content (AvgIpc) is 2.70. The summed E-state index contributed by atoms with van der Waals surface area (Å²) in [5.74, 6) is 1.49. The third-order valence-corrected chi connectivity index (χ3v) is 4.76. The highest BCUT2D eigenvalue weighted by Crippen LogP contribution is 2.40. The van der Waals surface area contributed by atoms with Crippen molar-refractivity contribution in [3.8, 4) is 17.2 Å². The van der Waals surface area contributed by atoms with Gasteiger partial charge in [-0.05, 0) is 59.5 Å². The normalized spacial score (nSPS) is 13.1. The van der Waals surface area contributed by atoms with E-state index in [0.29, 0.717) is 13.0 Å². The fourth-order valence-corrected chi connectivity index (χ4v) is 3.33. The summed E-state index contributed by atoms with van der Waals surface area (Å²) in [6.45, 7) is 0.402. The molecule has 0 saturated carbocycles. The number of halogens is 1. The van der Waals surface area contributed by atoms with Gasteiger partial charge in [0.2, 0.25) is 0 Å². The van der Waals surface area contributed by atoms with E-state index >= 15 is 0 Å². The van der Waals surface area contributed by atoms with Gasteiger partial charge < -0.3 is 14.6 Å². The Kier molecular flexibility index (Phi) is 4.55. The molecule has 1 aliphatic rings. The quantitative estimate of drug-likeness (QED) is 0.703. The number of hydrogen-bond donors (Lipinski definition) is 1. The molecule has 1 aliphatic heterocycles. The standard InChI is InChI=1S/C23H19FO3/c1-26-19-10-11-20-21(12-15-2-8-18(25)9-3-15)22(14-27-23(20)13-19)16-4-6-17(24)7-5-16/h2-11,13,25H,12,14H2,1H3. The van der Waals surface area contributed by atoms with Crippen LogP contribution in [0.1, 0.15) is 16.7 Å². The van der Waals surface area contributed by atoms with E-state index in [0.717, 1.165) is 39.3 Å². The zero-order chi connectivity index (χ0) is 18.8. The highest BCUT2D eigenvalue weighted by Gasteiger charge is 2.22. The molecule has 0 amide bonds. The highest BCUT2D eigenvalue weighted by molar-refractivity contribution is 5.95. The second-order valence-electron chi connectivity index (χ2n) is 6.46. The molecule has 0 bridgehead atoms. The van der Waals surface area contributed by atoms with Crippen LogP contribution in [-0.4, -0.2) is 18.8 Å². The molecule has 0 aliphatic carbocycles. The van der Waals surface area contributed by atoms with Crippen LogP contribution in [0.15, 0.2) is 66.7 Å². The van der Waals surface area contributed by atoms with Gasteiger partial charge in [-0.2, -0.15) is 0 Å². The van der Waals surface area contributed by atoms with Crippen LogP contribution in [0.25, 0.3) is 11.1 Å². The molecule has 0 radical (unpaired) electrons. The van der Waals surface area contributed by atoms with Gasteiger partial charge in [0, 0.05) is 17.2 Å². The zero-order valence-electron chi connectivity index (χ0n) is 14.9. The van der Waals surface area contributed by atoms with Gasteiger partial charge in [0.1, 0.15) is 29.7 Å². The van der Waals surface area contributed by atoms with Crippen molar-refractivity contribution in [2.24, 2.45) is 0 Å². The number of rotatable bonds is 4. The van der Waals surface area contributed by atoms with Crippen molar-refractivity contribution >= 4 is 11.1 Å². The molecule has 3 nitrogen and oxygen atoms in total. The van der Waals surface area contributed by atoms with Crippen LogP contribution in [0, 0.1) is 5.82 Å². The Labute approximate surface area is 157 Å². The number of methoxy groups -OCH3 is 1. The maximum Gasteiger partial charge on any atom is 0.131 e.